The number of aromatic nitrogens is 1. The van der Waals surface area contributed by atoms with Crippen LogP contribution in [0.1, 0.15) is 11.1 Å². The molecule has 0 unspecified atom stereocenters. The van der Waals surface area contributed by atoms with E-state index in [1.807, 2.05) is 24.4 Å². The molecule has 0 saturated carbocycles. The van der Waals surface area contributed by atoms with Crippen molar-refractivity contribution in [3.8, 4) is 0 Å². The lowest BCUT2D eigenvalue weighted by Crippen LogP contribution is -1.82. The predicted octanol–water partition coefficient (Wildman–Crippen LogP) is 5.99. The minimum atomic E-state index is 0.844. The number of hydrogen-bond acceptors (Lipinski definition) is 4. The van der Waals surface area contributed by atoms with Gasteiger partial charge in [-0.15, -0.1) is 22.0 Å². The average molecular weight is 307 g/mol. The molecule has 22 heavy (non-hydrogen) atoms. The van der Waals surface area contributed by atoms with Crippen LogP contribution in [0.3, 0.4) is 0 Å². The molecule has 0 saturated heterocycles. The lowest BCUT2D eigenvalue weighted by Gasteiger charge is -2.07. The first kappa shape index (κ1) is 14.7. The number of benzene rings is 2. The Morgan fingerprint density at radius 1 is 1.00 bits per heavy atom. The molecule has 0 bridgehead atoms. The molecule has 2 aromatic carbocycles. The van der Waals surface area contributed by atoms with Gasteiger partial charge in [-0.05, 0) is 54.8 Å². The second-order valence-corrected chi connectivity index (χ2v) is 6.02. The van der Waals surface area contributed by atoms with Gasteiger partial charge >= 0.3 is 0 Å². The van der Waals surface area contributed by atoms with Crippen molar-refractivity contribution >= 4 is 33.9 Å². The van der Waals surface area contributed by atoms with E-state index in [4.69, 9.17) is 0 Å². The molecular weight excluding hydrogens is 290 g/mol. The molecule has 3 nitrogen and oxygen atoms in total. The third-order valence-corrected chi connectivity index (χ3v) is 4.47. The van der Waals surface area contributed by atoms with E-state index in [2.05, 4.69) is 53.5 Å². The van der Waals surface area contributed by atoms with Crippen LogP contribution < -0.4 is 0 Å². The van der Waals surface area contributed by atoms with E-state index in [9.17, 15) is 0 Å². The van der Waals surface area contributed by atoms with Crippen molar-refractivity contribution in [2.75, 3.05) is 6.26 Å². The summed E-state index contributed by atoms with van der Waals surface area (Å²) in [6.45, 7) is 4.19. The van der Waals surface area contributed by atoms with Gasteiger partial charge in [-0.1, -0.05) is 18.2 Å². The van der Waals surface area contributed by atoms with Gasteiger partial charge in [-0.3, -0.25) is 4.98 Å². The number of azo groups is 1. The molecule has 1 aromatic heterocycles. The number of hydrogen-bond donors (Lipinski definition) is 0. The molecular formula is C18H17N3S. The van der Waals surface area contributed by atoms with Crippen LogP contribution in [0.4, 0.5) is 11.4 Å². The summed E-state index contributed by atoms with van der Waals surface area (Å²) in [6, 6.07) is 12.2. The molecule has 3 rings (SSSR count). The van der Waals surface area contributed by atoms with E-state index in [1.165, 1.54) is 16.0 Å². The Morgan fingerprint density at radius 2 is 1.82 bits per heavy atom. The van der Waals surface area contributed by atoms with Gasteiger partial charge in [0.2, 0.25) is 0 Å². The molecule has 0 fully saturated rings. The van der Waals surface area contributed by atoms with Gasteiger partial charge in [0.1, 0.15) is 0 Å². The highest BCUT2D eigenvalue weighted by atomic mass is 32.2. The van der Waals surface area contributed by atoms with Crippen molar-refractivity contribution < 1.29 is 0 Å². The van der Waals surface area contributed by atoms with Crippen LogP contribution in [0.5, 0.6) is 0 Å². The number of aryl methyl sites for hydroxylation is 2. The van der Waals surface area contributed by atoms with Crippen molar-refractivity contribution in [1.29, 1.82) is 0 Å². The third kappa shape index (κ3) is 2.88. The van der Waals surface area contributed by atoms with E-state index in [-0.39, 0.29) is 0 Å². The number of rotatable bonds is 3. The Morgan fingerprint density at radius 3 is 2.64 bits per heavy atom. The van der Waals surface area contributed by atoms with Crippen LogP contribution >= 0.6 is 11.8 Å². The SMILES string of the molecule is CSc1c(C)cc(C)cc1N=Nc1cccc2ccncc12. The summed E-state index contributed by atoms with van der Waals surface area (Å²) in [5.41, 5.74) is 4.20. The standard InChI is InChI=1S/C18H17N3S/c1-12-9-13(2)18(22-3)17(10-12)21-20-16-6-4-5-14-7-8-19-11-15(14)16/h4-11H,1-3H3. The molecule has 0 amide bonds. The van der Waals surface area contributed by atoms with E-state index in [0.717, 1.165) is 22.1 Å². The van der Waals surface area contributed by atoms with Crippen molar-refractivity contribution in [1.82, 2.24) is 4.98 Å². The highest BCUT2D eigenvalue weighted by Gasteiger charge is 2.06. The summed E-state index contributed by atoms with van der Waals surface area (Å²) in [4.78, 5) is 5.36. The molecule has 0 aliphatic carbocycles. The fraction of sp³-hybridized carbons (Fsp3) is 0.167. The highest BCUT2D eigenvalue weighted by Crippen LogP contribution is 2.34. The quantitative estimate of drug-likeness (QED) is 0.440. The molecule has 0 spiro atoms. The average Bonchev–Trinajstić information content (AvgIpc) is 2.52. The number of fused-ring (bicyclic) bond motifs is 1. The van der Waals surface area contributed by atoms with Gasteiger partial charge in [0.05, 0.1) is 11.4 Å². The molecule has 3 aromatic rings. The van der Waals surface area contributed by atoms with Crippen molar-refractivity contribution in [3.63, 3.8) is 0 Å². The van der Waals surface area contributed by atoms with E-state index in [1.54, 1.807) is 18.0 Å². The molecule has 1 heterocycles. The summed E-state index contributed by atoms with van der Waals surface area (Å²) < 4.78 is 0. The van der Waals surface area contributed by atoms with Crippen molar-refractivity contribution in [2.45, 2.75) is 18.7 Å². The predicted molar refractivity (Wildman–Crippen MR) is 93.6 cm³/mol. The van der Waals surface area contributed by atoms with Gasteiger partial charge in [-0.25, -0.2) is 0 Å². The van der Waals surface area contributed by atoms with Gasteiger partial charge in [0.15, 0.2) is 0 Å². The van der Waals surface area contributed by atoms with E-state index in [0.29, 0.717) is 0 Å². The fourth-order valence-corrected chi connectivity index (χ4v) is 3.25. The third-order valence-electron chi connectivity index (χ3n) is 3.53. The van der Waals surface area contributed by atoms with Gasteiger partial charge in [0.25, 0.3) is 0 Å². The zero-order valence-electron chi connectivity index (χ0n) is 12.9. The first-order chi connectivity index (χ1) is 10.7. The molecule has 0 atom stereocenters. The van der Waals surface area contributed by atoms with Crippen LogP contribution in [-0.4, -0.2) is 11.2 Å². The summed E-state index contributed by atoms with van der Waals surface area (Å²) in [5, 5.41) is 11.1. The number of nitrogens with zero attached hydrogens (tertiary/aromatic N) is 3. The van der Waals surface area contributed by atoms with Gasteiger partial charge < -0.3 is 0 Å². The zero-order chi connectivity index (χ0) is 15.5. The van der Waals surface area contributed by atoms with Crippen LogP contribution in [0.2, 0.25) is 0 Å². The summed E-state index contributed by atoms with van der Waals surface area (Å²) in [6.07, 6.45) is 5.69. The maximum atomic E-state index is 4.50. The van der Waals surface area contributed by atoms with Crippen molar-refractivity contribution in [3.05, 3.63) is 59.9 Å². The monoisotopic (exact) mass is 307 g/mol. The summed E-state index contributed by atoms with van der Waals surface area (Å²) >= 11 is 1.70. The Kier molecular flexibility index (Phi) is 4.20. The lowest BCUT2D eigenvalue weighted by molar-refractivity contribution is 1.16. The largest absolute Gasteiger partial charge is 0.264 e. The zero-order valence-corrected chi connectivity index (χ0v) is 13.7. The summed E-state index contributed by atoms with van der Waals surface area (Å²) in [5.74, 6) is 0. The number of pyridine rings is 1. The topological polar surface area (TPSA) is 37.6 Å². The second kappa shape index (κ2) is 6.28. The Bertz CT molecular complexity index is 851. The van der Waals surface area contributed by atoms with Crippen LogP contribution in [0, 0.1) is 13.8 Å². The van der Waals surface area contributed by atoms with Crippen LogP contribution in [0.25, 0.3) is 10.8 Å². The van der Waals surface area contributed by atoms with Gasteiger partial charge in [0, 0.05) is 22.7 Å². The first-order valence-corrected chi connectivity index (χ1v) is 8.31. The first-order valence-electron chi connectivity index (χ1n) is 7.09. The van der Waals surface area contributed by atoms with Gasteiger partial charge in [-0.2, -0.15) is 0 Å². The minimum absolute atomic E-state index is 0.844. The minimum Gasteiger partial charge on any atom is -0.264 e. The van der Waals surface area contributed by atoms with E-state index < -0.39 is 0 Å². The lowest BCUT2D eigenvalue weighted by atomic mass is 10.1. The van der Waals surface area contributed by atoms with E-state index >= 15 is 0 Å². The molecule has 4 heteroatoms. The van der Waals surface area contributed by atoms with Crippen molar-refractivity contribution in [2.24, 2.45) is 10.2 Å². The van der Waals surface area contributed by atoms with Crippen LogP contribution in [0.15, 0.2) is 63.9 Å². The number of thioether (sulfide) groups is 1. The molecule has 0 aliphatic heterocycles. The molecule has 0 N–H and O–H groups in total. The molecule has 0 radical (unpaired) electrons. The highest BCUT2D eigenvalue weighted by molar-refractivity contribution is 7.98. The fourth-order valence-electron chi connectivity index (χ4n) is 2.56. The summed E-state index contributed by atoms with van der Waals surface area (Å²) in [7, 11) is 0. The maximum Gasteiger partial charge on any atom is 0.0997 e. The van der Waals surface area contributed by atoms with Crippen LogP contribution in [-0.2, 0) is 0 Å². The Labute approximate surface area is 134 Å². The Balaban J connectivity index is 2.07. The second-order valence-electron chi connectivity index (χ2n) is 5.21. The molecule has 110 valence electrons. The maximum absolute atomic E-state index is 4.50. The smallest absolute Gasteiger partial charge is 0.0997 e. The Hall–Kier alpha value is -2.20. The normalized spacial score (nSPS) is 11.4. The molecule has 0 aliphatic rings.